The molecule has 2 rings (SSSR count). The Kier molecular flexibility index (Phi) is 4.31. The average molecular weight is 340 g/mol. The van der Waals surface area contributed by atoms with Crippen molar-refractivity contribution in [1.82, 2.24) is 9.97 Å². The van der Waals surface area contributed by atoms with E-state index in [1.807, 2.05) is 13.0 Å². The molecule has 1 amide bonds. The van der Waals surface area contributed by atoms with Crippen LogP contribution in [0.25, 0.3) is 0 Å². The second kappa shape index (κ2) is 5.79. The van der Waals surface area contributed by atoms with E-state index in [4.69, 9.17) is 0 Å². The van der Waals surface area contributed by atoms with Crippen molar-refractivity contribution in [3.8, 4) is 0 Å². The van der Waals surface area contributed by atoms with Crippen LogP contribution in [0.3, 0.4) is 0 Å². The molecule has 0 aromatic carbocycles. The van der Waals surface area contributed by atoms with Gasteiger partial charge in [-0.1, -0.05) is 13.8 Å². The van der Waals surface area contributed by atoms with Crippen LogP contribution >= 0.6 is 27.3 Å². The zero-order valence-electron chi connectivity index (χ0n) is 10.9. The molecule has 6 heteroatoms. The molecule has 0 spiro atoms. The van der Waals surface area contributed by atoms with Gasteiger partial charge in [0.05, 0.1) is 15.7 Å². The second-order valence-corrected chi connectivity index (χ2v) is 6.43. The molecule has 0 aliphatic carbocycles. The molecule has 0 atom stereocenters. The monoisotopic (exact) mass is 339 g/mol. The molecule has 1 N–H and O–H groups in total. The lowest BCUT2D eigenvalue weighted by atomic mass is 10.2. The summed E-state index contributed by atoms with van der Waals surface area (Å²) in [6, 6.07) is 1.91. The maximum atomic E-state index is 12.1. The van der Waals surface area contributed by atoms with Gasteiger partial charge in [0.1, 0.15) is 10.7 Å². The molecule has 0 saturated heterocycles. The van der Waals surface area contributed by atoms with E-state index in [9.17, 15) is 4.79 Å². The number of aryl methyl sites for hydroxylation is 1. The number of aromatic nitrogens is 2. The summed E-state index contributed by atoms with van der Waals surface area (Å²) in [5, 5.41) is 3.74. The van der Waals surface area contributed by atoms with E-state index in [2.05, 4.69) is 45.1 Å². The zero-order valence-corrected chi connectivity index (χ0v) is 13.3. The Balaban J connectivity index is 2.16. The van der Waals surface area contributed by atoms with Gasteiger partial charge in [-0.15, -0.1) is 11.3 Å². The first kappa shape index (κ1) is 14.1. The summed E-state index contributed by atoms with van der Waals surface area (Å²) >= 11 is 4.80. The van der Waals surface area contributed by atoms with Gasteiger partial charge in [-0.2, -0.15) is 0 Å². The number of nitrogens with one attached hydrogen (secondary N) is 1. The van der Waals surface area contributed by atoms with Crippen molar-refractivity contribution >= 4 is 39.0 Å². The normalized spacial score (nSPS) is 10.8. The zero-order chi connectivity index (χ0) is 14.0. The van der Waals surface area contributed by atoms with Crippen molar-refractivity contribution in [2.75, 3.05) is 5.32 Å². The molecule has 0 fully saturated rings. The van der Waals surface area contributed by atoms with Crippen LogP contribution in [0.4, 0.5) is 5.82 Å². The number of pyridine rings is 1. The van der Waals surface area contributed by atoms with Crippen LogP contribution in [0.5, 0.6) is 0 Å². The van der Waals surface area contributed by atoms with Crippen LogP contribution in [0.15, 0.2) is 22.9 Å². The molecule has 0 unspecified atom stereocenters. The lowest BCUT2D eigenvalue weighted by Crippen LogP contribution is -2.11. The summed E-state index contributed by atoms with van der Waals surface area (Å²) in [5.41, 5.74) is 1.03. The molecule has 4 nitrogen and oxygen atoms in total. The number of hydrogen-bond donors (Lipinski definition) is 1. The van der Waals surface area contributed by atoms with Crippen LogP contribution in [-0.4, -0.2) is 15.9 Å². The van der Waals surface area contributed by atoms with Crippen molar-refractivity contribution in [1.29, 1.82) is 0 Å². The Morgan fingerprint density at radius 1 is 1.37 bits per heavy atom. The third-order valence-electron chi connectivity index (χ3n) is 2.45. The smallest absolute Gasteiger partial charge is 0.268 e. The Labute approximate surface area is 124 Å². The van der Waals surface area contributed by atoms with Gasteiger partial charge in [-0.3, -0.25) is 4.79 Å². The van der Waals surface area contributed by atoms with Crippen LogP contribution < -0.4 is 5.32 Å². The SMILES string of the molecule is Cc1cnc(NC(=O)c2cnc(C(C)C)s2)c(Br)c1. The Morgan fingerprint density at radius 3 is 2.68 bits per heavy atom. The van der Waals surface area contributed by atoms with Crippen molar-refractivity contribution in [2.24, 2.45) is 0 Å². The molecule has 0 aliphatic heterocycles. The summed E-state index contributed by atoms with van der Waals surface area (Å²) in [4.78, 5) is 21.1. The van der Waals surface area contributed by atoms with E-state index in [-0.39, 0.29) is 5.91 Å². The van der Waals surface area contributed by atoms with Gasteiger partial charge in [0.2, 0.25) is 0 Å². The number of halogens is 1. The van der Waals surface area contributed by atoms with Crippen LogP contribution in [-0.2, 0) is 0 Å². The van der Waals surface area contributed by atoms with Crippen molar-refractivity contribution in [3.05, 3.63) is 38.4 Å². The minimum absolute atomic E-state index is 0.179. The topological polar surface area (TPSA) is 54.9 Å². The highest BCUT2D eigenvalue weighted by Gasteiger charge is 2.14. The first-order chi connectivity index (χ1) is 8.97. The molecule has 0 bridgehead atoms. The minimum Gasteiger partial charge on any atom is -0.305 e. The van der Waals surface area contributed by atoms with Crippen LogP contribution in [0.1, 0.15) is 40.0 Å². The molecule has 2 aromatic heterocycles. The van der Waals surface area contributed by atoms with Gasteiger partial charge in [0.25, 0.3) is 5.91 Å². The standard InChI is InChI=1S/C13H14BrN3OS/c1-7(2)13-16-6-10(19-13)12(18)17-11-9(14)4-8(3)5-15-11/h4-7H,1-3H3,(H,15,17,18). The molecule has 2 aromatic rings. The summed E-state index contributed by atoms with van der Waals surface area (Å²) in [5.74, 6) is 0.673. The summed E-state index contributed by atoms with van der Waals surface area (Å²) < 4.78 is 0.773. The number of amides is 1. The van der Waals surface area contributed by atoms with E-state index in [1.54, 1.807) is 12.4 Å². The maximum absolute atomic E-state index is 12.1. The molecule has 2 heterocycles. The molecule has 0 aliphatic rings. The fraction of sp³-hybridized carbons (Fsp3) is 0.308. The van der Waals surface area contributed by atoms with E-state index in [1.165, 1.54) is 11.3 Å². The van der Waals surface area contributed by atoms with E-state index in [0.29, 0.717) is 16.6 Å². The fourth-order valence-electron chi connectivity index (χ4n) is 1.45. The predicted octanol–water partition coefficient (Wildman–Crippen LogP) is 3.98. The predicted molar refractivity (Wildman–Crippen MR) is 80.8 cm³/mol. The van der Waals surface area contributed by atoms with Crippen LogP contribution in [0, 0.1) is 6.92 Å². The Morgan fingerprint density at radius 2 is 2.11 bits per heavy atom. The molecule has 19 heavy (non-hydrogen) atoms. The third-order valence-corrected chi connectivity index (χ3v) is 4.35. The van der Waals surface area contributed by atoms with Crippen molar-refractivity contribution < 1.29 is 4.79 Å². The number of carbonyl (C=O) groups excluding carboxylic acids is 1. The Hall–Kier alpha value is -1.27. The number of anilines is 1. The van der Waals surface area contributed by atoms with E-state index in [0.717, 1.165) is 15.0 Å². The Bertz CT molecular complexity index is 610. The van der Waals surface area contributed by atoms with Gasteiger partial charge in [-0.25, -0.2) is 9.97 Å². The molecule has 0 saturated carbocycles. The second-order valence-electron chi connectivity index (χ2n) is 4.51. The van der Waals surface area contributed by atoms with Gasteiger partial charge in [0, 0.05) is 12.1 Å². The van der Waals surface area contributed by atoms with Gasteiger partial charge in [-0.05, 0) is 34.5 Å². The molecular formula is C13H14BrN3OS. The average Bonchev–Trinajstić information content (AvgIpc) is 2.82. The molecular weight excluding hydrogens is 326 g/mol. The largest absolute Gasteiger partial charge is 0.305 e. The highest BCUT2D eigenvalue weighted by atomic mass is 79.9. The first-order valence-electron chi connectivity index (χ1n) is 5.86. The van der Waals surface area contributed by atoms with Gasteiger partial charge < -0.3 is 5.32 Å². The number of thiazole rings is 1. The number of carbonyl (C=O) groups is 1. The summed E-state index contributed by atoms with van der Waals surface area (Å²) in [7, 11) is 0. The third kappa shape index (κ3) is 3.39. The first-order valence-corrected chi connectivity index (χ1v) is 7.47. The quantitative estimate of drug-likeness (QED) is 0.919. The van der Waals surface area contributed by atoms with E-state index >= 15 is 0 Å². The summed E-state index contributed by atoms with van der Waals surface area (Å²) in [6.45, 7) is 6.05. The van der Waals surface area contributed by atoms with Gasteiger partial charge in [0.15, 0.2) is 0 Å². The highest BCUT2D eigenvalue weighted by molar-refractivity contribution is 9.10. The van der Waals surface area contributed by atoms with Crippen molar-refractivity contribution in [2.45, 2.75) is 26.7 Å². The minimum atomic E-state index is -0.179. The van der Waals surface area contributed by atoms with Crippen molar-refractivity contribution in [3.63, 3.8) is 0 Å². The number of rotatable bonds is 3. The number of nitrogens with zero attached hydrogens (tertiary/aromatic N) is 2. The lowest BCUT2D eigenvalue weighted by Gasteiger charge is -2.05. The van der Waals surface area contributed by atoms with Crippen LogP contribution in [0.2, 0.25) is 0 Å². The lowest BCUT2D eigenvalue weighted by molar-refractivity contribution is 0.103. The molecule has 100 valence electrons. The summed E-state index contributed by atoms with van der Waals surface area (Å²) in [6.07, 6.45) is 3.32. The van der Waals surface area contributed by atoms with E-state index < -0.39 is 0 Å². The van der Waals surface area contributed by atoms with Gasteiger partial charge >= 0.3 is 0 Å². The molecule has 0 radical (unpaired) electrons. The number of hydrogen-bond acceptors (Lipinski definition) is 4. The fourth-order valence-corrected chi connectivity index (χ4v) is 2.83. The highest BCUT2D eigenvalue weighted by Crippen LogP contribution is 2.24. The maximum Gasteiger partial charge on any atom is 0.268 e.